The van der Waals surface area contributed by atoms with Crippen LogP contribution in [-0.2, 0) is 18.8 Å². The molecule has 0 unspecified atom stereocenters. The number of hydrogen-bond donors (Lipinski definition) is 1. The SMILES string of the molecule is CNCCc1cc(C(F)(F)F)cc(C(F)(F)F)c1. The molecule has 0 fully saturated rings. The molecule has 0 aliphatic heterocycles. The lowest BCUT2D eigenvalue weighted by atomic mass is 10.0. The number of benzene rings is 1. The van der Waals surface area contributed by atoms with Gasteiger partial charge in [-0.15, -0.1) is 0 Å². The Morgan fingerprint density at radius 3 is 1.67 bits per heavy atom. The Hall–Kier alpha value is -1.24. The van der Waals surface area contributed by atoms with Gasteiger partial charge >= 0.3 is 12.4 Å². The minimum atomic E-state index is -4.78. The fourth-order valence-corrected chi connectivity index (χ4v) is 1.43. The van der Waals surface area contributed by atoms with E-state index in [0.29, 0.717) is 6.54 Å². The minimum absolute atomic E-state index is 0.00602. The first-order chi connectivity index (χ1) is 8.14. The molecule has 0 spiro atoms. The number of rotatable bonds is 3. The average Bonchev–Trinajstić information content (AvgIpc) is 2.23. The molecule has 1 aromatic rings. The first-order valence-corrected chi connectivity index (χ1v) is 5.07. The lowest BCUT2D eigenvalue weighted by Gasteiger charge is -2.14. The van der Waals surface area contributed by atoms with Crippen LogP contribution in [-0.4, -0.2) is 13.6 Å². The third-order valence-electron chi connectivity index (χ3n) is 2.31. The molecule has 0 atom stereocenters. The Balaban J connectivity index is 3.21. The normalized spacial score (nSPS) is 12.8. The number of hydrogen-bond acceptors (Lipinski definition) is 1. The van der Waals surface area contributed by atoms with Gasteiger partial charge in [-0.1, -0.05) is 0 Å². The van der Waals surface area contributed by atoms with Crippen molar-refractivity contribution in [1.82, 2.24) is 5.32 Å². The first kappa shape index (κ1) is 14.8. The molecule has 0 bridgehead atoms. The molecule has 1 N–H and O–H groups in total. The Kier molecular flexibility index (Phi) is 4.26. The van der Waals surface area contributed by atoms with Crippen molar-refractivity contribution in [3.8, 4) is 0 Å². The second kappa shape index (κ2) is 5.17. The van der Waals surface area contributed by atoms with Gasteiger partial charge in [0.15, 0.2) is 0 Å². The maximum absolute atomic E-state index is 12.5. The number of nitrogens with one attached hydrogen (secondary N) is 1. The molecule has 0 aliphatic rings. The summed E-state index contributed by atoms with van der Waals surface area (Å²) in [7, 11) is 1.57. The zero-order valence-corrected chi connectivity index (χ0v) is 9.41. The fraction of sp³-hybridized carbons (Fsp3) is 0.455. The largest absolute Gasteiger partial charge is 0.416 e. The fourth-order valence-electron chi connectivity index (χ4n) is 1.43. The molecule has 0 radical (unpaired) electrons. The lowest BCUT2D eigenvalue weighted by Crippen LogP contribution is -2.14. The highest BCUT2D eigenvalue weighted by Crippen LogP contribution is 2.36. The van der Waals surface area contributed by atoms with Gasteiger partial charge in [0.05, 0.1) is 11.1 Å². The Morgan fingerprint density at radius 2 is 1.33 bits per heavy atom. The van der Waals surface area contributed by atoms with Crippen LogP contribution in [0.5, 0.6) is 0 Å². The van der Waals surface area contributed by atoms with Crippen LogP contribution in [0, 0.1) is 0 Å². The van der Waals surface area contributed by atoms with Gasteiger partial charge in [-0.3, -0.25) is 0 Å². The second-order valence-corrected chi connectivity index (χ2v) is 3.77. The Morgan fingerprint density at radius 1 is 0.889 bits per heavy atom. The zero-order valence-electron chi connectivity index (χ0n) is 9.41. The van der Waals surface area contributed by atoms with E-state index in [4.69, 9.17) is 0 Å². The third-order valence-corrected chi connectivity index (χ3v) is 2.31. The smallest absolute Gasteiger partial charge is 0.319 e. The van der Waals surface area contributed by atoms with Gasteiger partial charge in [-0.05, 0) is 43.8 Å². The van der Waals surface area contributed by atoms with Crippen LogP contribution >= 0.6 is 0 Å². The van der Waals surface area contributed by atoms with E-state index < -0.39 is 23.5 Å². The standard InChI is InChI=1S/C11H11F6N/c1-18-3-2-7-4-8(10(12,13)14)6-9(5-7)11(15,16)17/h4-6,18H,2-3H2,1H3. The van der Waals surface area contributed by atoms with Gasteiger partial charge in [0.1, 0.15) is 0 Å². The van der Waals surface area contributed by atoms with Crippen LogP contribution in [0.3, 0.4) is 0 Å². The van der Waals surface area contributed by atoms with E-state index in [2.05, 4.69) is 5.32 Å². The van der Waals surface area contributed by atoms with E-state index in [1.165, 1.54) is 0 Å². The van der Waals surface area contributed by atoms with Crippen molar-refractivity contribution in [3.63, 3.8) is 0 Å². The molecule has 1 nitrogen and oxygen atoms in total. The van der Waals surface area contributed by atoms with Gasteiger partial charge in [-0.25, -0.2) is 0 Å². The molecule has 1 rings (SSSR count). The van der Waals surface area contributed by atoms with Gasteiger partial charge < -0.3 is 5.32 Å². The Bertz CT molecular complexity index is 375. The molecule has 0 amide bonds. The van der Waals surface area contributed by atoms with Crippen molar-refractivity contribution >= 4 is 0 Å². The lowest BCUT2D eigenvalue weighted by molar-refractivity contribution is -0.143. The second-order valence-electron chi connectivity index (χ2n) is 3.77. The van der Waals surface area contributed by atoms with Crippen molar-refractivity contribution < 1.29 is 26.3 Å². The first-order valence-electron chi connectivity index (χ1n) is 5.07. The van der Waals surface area contributed by atoms with E-state index in [0.717, 1.165) is 12.1 Å². The van der Waals surface area contributed by atoms with Gasteiger partial charge in [-0.2, -0.15) is 26.3 Å². The van der Waals surface area contributed by atoms with Crippen LogP contribution in [0.2, 0.25) is 0 Å². The van der Waals surface area contributed by atoms with Crippen molar-refractivity contribution in [1.29, 1.82) is 0 Å². The molecule has 0 aromatic heterocycles. The number of alkyl halides is 6. The van der Waals surface area contributed by atoms with Crippen molar-refractivity contribution in [2.24, 2.45) is 0 Å². The van der Waals surface area contributed by atoms with E-state index in [9.17, 15) is 26.3 Å². The topological polar surface area (TPSA) is 12.0 Å². The molecule has 0 saturated heterocycles. The quantitative estimate of drug-likeness (QED) is 0.830. The van der Waals surface area contributed by atoms with Gasteiger partial charge in [0.25, 0.3) is 0 Å². The summed E-state index contributed by atoms with van der Waals surface area (Å²) in [5.41, 5.74) is -2.54. The molecular formula is C11H11F6N. The monoisotopic (exact) mass is 271 g/mol. The summed E-state index contributed by atoms with van der Waals surface area (Å²) in [5.74, 6) is 0. The summed E-state index contributed by atoms with van der Waals surface area (Å²) < 4.78 is 74.9. The van der Waals surface area contributed by atoms with Gasteiger partial charge in [0.2, 0.25) is 0 Å². The highest BCUT2D eigenvalue weighted by atomic mass is 19.4. The zero-order chi connectivity index (χ0) is 14.0. The van der Waals surface area contributed by atoms with Gasteiger partial charge in [0, 0.05) is 0 Å². The van der Waals surface area contributed by atoms with Crippen LogP contribution in [0.25, 0.3) is 0 Å². The Labute approximate surface area is 99.8 Å². The van der Waals surface area contributed by atoms with E-state index in [-0.39, 0.29) is 18.1 Å². The van der Waals surface area contributed by atoms with Crippen LogP contribution in [0.1, 0.15) is 16.7 Å². The highest BCUT2D eigenvalue weighted by Gasteiger charge is 2.36. The van der Waals surface area contributed by atoms with Crippen molar-refractivity contribution in [3.05, 3.63) is 34.9 Å². The van der Waals surface area contributed by atoms with Crippen molar-refractivity contribution in [2.75, 3.05) is 13.6 Å². The molecular weight excluding hydrogens is 260 g/mol. The summed E-state index contributed by atoms with van der Waals surface area (Å²) in [5, 5.41) is 2.67. The maximum atomic E-state index is 12.5. The summed E-state index contributed by atoms with van der Waals surface area (Å²) in [4.78, 5) is 0. The molecule has 0 aliphatic carbocycles. The summed E-state index contributed by atoms with van der Waals surface area (Å²) in [6.45, 7) is 0.304. The number of halogens is 6. The van der Waals surface area contributed by atoms with E-state index in [1.807, 2.05) is 0 Å². The summed E-state index contributed by atoms with van der Waals surface area (Å²) >= 11 is 0. The highest BCUT2D eigenvalue weighted by molar-refractivity contribution is 5.33. The van der Waals surface area contributed by atoms with Crippen LogP contribution < -0.4 is 5.32 Å². The molecule has 1 aromatic carbocycles. The molecule has 102 valence electrons. The predicted octanol–water partition coefficient (Wildman–Crippen LogP) is 3.49. The van der Waals surface area contributed by atoms with E-state index >= 15 is 0 Å². The third kappa shape index (κ3) is 3.90. The molecule has 7 heteroatoms. The van der Waals surface area contributed by atoms with Crippen LogP contribution in [0.4, 0.5) is 26.3 Å². The van der Waals surface area contributed by atoms with Crippen LogP contribution in [0.15, 0.2) is 18.2 Å². The summed E-state index contributed by atoms with van der Waals surface area (Å²) in [6.07, 6.45) is -9.46. The van der Waals surface area contributed by atoms with Crippen molar-refractivity contribution in [2.45, 2.75) is 18.8 Å². The predicted molar refractivity (Wildman–Crippen MR) is 54.1 cm³/mol. The molecule has 18 heavy (non-hydrogen) atoms. The minimum Gasteiger partial charge on any atom is -0.319 e. The number of likely N-dealkylation sites (N-methyl/N-ethyl adjacent to an activating group) is 1. The molecule has 0 heterocycles. The molecule has 0 saturated carbocycles. The van der Waals surface area contributed by atoms with E-state index in [1.54, 1.807) is 7.05 Å². The summed E-state index contributed by atoms with van der Waals surface area (Å²) in [6, 6.07) is 1.61. The maximum Gasteiger partial charge on any atom is 0.416 e. The average molecular weight is 271 g/mol.